The maximum Gasteiger partial charge on any atom is 0.0467 e. The predicted molar refractivity (Wildman–Crippen MR) is 65.0 cm³/mol. The Morgan fingerprint density at radius 2 is 1.80 bits per heavy atom. The summed E-state index contributed by atoms with van der Waals surface area (Å²) in [6, 6.07) is 12.4. The van der Waals surface area contributed by atoms with Crippen molar-refractivity contribution >= 4 is 27.5 Å². The van der Waals surface area contributed by atoms with E-state index in [-0.39, 0.29) is 0 Å². The average molecular weight is 196 g/mol. The molecule has 0 bridgehead atoms. The summed E-state index contributed by atoms with van der Waals surface area (Å²) < 4.78 is 0. The number of hydrogen-bond donors (Lipinski definition) is 2. The smallest absolute Gasteiger partial charge is 0.0467 e. The molecule has 0 aliphatic carbocycles. The largest absolute Gasteiger partial charge is 0.399 e. The molecule has 1 aromatic heterocycles. The van der Waals surface area contributed by atoms with Crippen molar-refractivity contribution in [2.24, 2.45) is 0 Å². The third-order valence-electron chi connectivity index (χ3n) is 2.78. The van der Waals surface area contributed by atoms with Crippen LogP contribution in [0.2, 0.25) is 0 Å². The standard InChI is InChI=1S/C13H12N2/c1-8-2-4-10-11-7-9(14)3-5-12(11)15-13(10)6-8/h2-7,15H,14H2,1H3. The molecule has 0 spiro atoms. The fourth-order valence-corrected chi connectivity index (χ4v) is 2.04. The van der Waals surface area contributed by atoms with E-state index in [0.717, 1.165) is 11.2 Å². The molecule has 0 aliphatic heterocycles. The van der Waals surface area contributed by atoms with Gasteiger partial charge in [0, 0.05) is 27.5 Å². The lowest BCUT2D eigenvalue weighted by Crippen LogP contribution is -1.81. The van der Waals surface area contributed by atoms with E-state index in [0.29, 0.717) is 0 Å². The Labute approximate surface area is 87.7 Å². The Morgan fingerprint density at radius 1 is 0.933 bits per heavy atom. The summed E-state index contributed by atoms with van der Waals surface area (Å²) in [4.78, 5) is 3.39. The van der Waals surface area contributed by atoms with Crippen molar-refractivity contribution in [2.45, 2.75) is 6.92 Å². The predicted octanol–water partition coefficient (Wildman–Crippen LogP) is 3.21. The molecule has 74 valence electrons. The molecule has 0 fully saturated rings. The van der Waals surface area contributed by atoms with Crippen LogP contribution in [-0.2, 0) is 0 Å². The third kappa shape index (κ3) is 1.18. The van der Waals surface area contributed by atoms with Gasteiger partial charge in [-0.25, -0.2) is 0 Å². The van der Waals surface area contributed by atoms with Gasteiger partial charge in [-0.05, 0) is 36.8 Å². The molecule has 0 saturated heterocycles. The number of nitrogen functional groups attached to an aromatic ring is 1. The van der Waals surface area contributed by atoms with Crippen LogP contribution in [-0.4, -0.2) is 4.98 Å². The summed E-state index contributed by atoms with van der Waals surface area (Å²) in [6.07, 6.45) is 0. The molecule has 2 aromatic carbocycles. The molecule has 0 unspecified atom stereocenters. The molecule has 0 amide bonds. The Morgan fingerprint density at radius 3 is 2.67 bits per heavy atom. The first-order valence-corrected chi connectivity index (χ1v) is 5.01. The van der Waals surface area contributed by atoms with Gasteiger partial charge in [0.15, 0.2) is 0 Å². The number of benzene rings is 2. The van der Waals surface area contributed by atoms with E-state index < -0.39 is 0 Å². The van der Waals surface area contributed by atoms with Gasteiger partial charge < -0.3 is 10.7 Å². The molecule has 3 N–H and O–H groups in total. The van der Waals surface area contributed by atoms with Crippen molar-refractivity contribution in [2.75, 3.05) is 5.73 Å². The Bertz CT molecular complexity index is 650. The number of anilines is 1. The number of aromatic amines is 1. The van der Waals surface area contributed by atoms with Crippen molar-refractivity contribution in [3.8, 4) is 0 Å². The van der Waals surface area contributed by atoms with Gasteiger partial charge in [0.05, 0.1) is 0 Å². The van der Waals surface area contributed by atoms with Crippen molar-refractivity contribution < 1.29 is 0 Å². The number of aromatic nitrogens is 1. The highest BCUT2D eigenvalue weighted by Crippen LogP contribution is 2.27. The number of rotatable bonds is 0. The molecule has 15 heavy (non-hydrogen) atoms. The molecule has 0 aliphatic rings. The second-order valence-corrected chi connectivity index (χ2v) is 3.98. The van der Waals surface area contributed by atoms with Crippen LogP contribution in [0.3, 0.4) is 0 Å². The zero-order valence-corrected chi connectivity index (χ0v) is 8.54. The van der Waals surface area contributed by atoms with E-state index in [2.05, 4.69) is 30.1 Å². The summed E-state index contributed by atoms with van der Waals surface area (Å²) in [6.45, 7) is 2.10. The second-order valence-electron chi connectivity index (χ2n) is 3.98. The van der Waals surface area contributed by atoms with E-state index in [4.69, 9.17) is 5.73 Å². The van der Waals surface area contributed by atoms with Gasteiger partial charge in [0.1, 0.15) is 0 Å². The summed E-state index contributed by atoms with van der Waals surface area (Å²) in [5, 5.41) is 2.44. The first kappa shape index (κ1) is 8.36. The number of nitrogens with two attached hydrogens (primary N) is 1. The van der Waals surface area contributed by atoms with Crippen LogP contribution >= 0.6 is 0 Å². The summed E-state index contributed by atoms with van der Waals surface area (Å²) in [5.41, 5.74) is 10.2. The van der Waals surface area contributed by atoms with Crippen LogP contribution in [0.4, 0.5) is 5.69 Å². The monoisotopic (exact) mass is 196 g/mol. The minimum Gasteiger partial charge on any atom is -0.399 e. The van der Waals surface area contributed by atoms with Gasteiger partial charge in [-0.15, -0.1) is 0 Å². The molecule has 0 radical (unpaired) electrons. The topological polar surface area (TPSA) is 41.8 Å². The normalized spacial score (nSPS) is 11.3. The third-order valence-corrected chi connectivity index (χ3v) is 2.78. The van der Waals surface area contributed by atoms with Gasteiger partial charge in [-0.3, -0.25) is 0 Å². The van der Waals surface area contributed by atoms with Gasteiger partial charge in [0.2, 0.25) is 0 Å². The van der Waals surface area contributed by atoms with Crippen LogP contribution in [0.5, 0.6) is 0 Å². The first-order chi connectivity index (χ1) is 7.24. The van der Waals surface area contributed by atoms with E-state index in [1.165, 1.54) is 21.9 Å². The molecule has 0 saturated carbocycles. The molecular formula is C13H12N2. The molecule has 0 atom stereocenters. The van der Waals surface area contributed by atoms with Crippen molar-refractivity contribution in [1.82, 2.24) is 4.98 Å². The molecule has 2 nitrogen and oxygen atoms in total. The quantitative estimate of drug-likeness (QED) is 0.532. The van der Waals surface area contributed by atoms with Crippen LogP contribution in [0.1, 0.15) is 5.56 Å². The Hall–Kier alpha value is -1.96. The lowest BCUT2D eigenvalue weighted by Gasteiger charge is -1.94. The second kappa shape index (κ2) is 2.76. The van der Waals surface area contributed by atoms with E-state index >= 15 is 0 Å². The Balaban J connectivity index is 2.53. The van der Waals surface area contributed by atoms with Gasteiger partial charge >= 0.3 is 0 Å². The highest BCUT2D eigenvalue weighted by atomic mass is 14.7. The van der Waals surface area contributed by atoms with Crippen LogP contribution in [0, 0.1) is 6.92 Å². The number of fused-ring (bicyclic) bond motifs is 3. The molecular weight excluding hydrogens is 184 g/mol. The van der Waals surface area contributed by atoms with E-state index in [1.54, 1.807) is 0 Å². The maximum atomic E-state index is 5.79. The lowest BCUT2D eigenvalue weighted by atomic mass is 10.1. The van der Waals surface area contributed by atoms with Crippen molar-refractivity contribution in [3.05, 3.63) is 42.0 Å². The van der Waals surface area contributed by atoms with Crippen LogP contribution in [0.25, 0.3) is 21.8 Å². The van der Waals surface area contributed by atoms with Gasteiger partial charge in [-0.1, -0.05) is 12.1 Å². The minimum absolute atomic E-state index is 0.809. The van der Waals surface area contributed by atoms with E-state index in [9.17, 15) is 0 Å². The van der Waals surface area contributed by atoms with Crippen LogP contribution < -0.4 is 5.73 Å². The zero-order valence-electron chi connectivity index (χ0n) is 8.54. The molecule has 1 heterocycles. The molecule has 3 aromatic rings. The number of H-pyrrole nitrogens is 1. The van der Waals surface area contributed by atoms with Crippen molar-refractivity contribution in [1.29, 1.82) is 0 Å². The molecule has 3 rings (SSSR count). The Kier molecular flexibility index (Phi) is 1.54. The van der Waals surface area contributed by atoms with Crippen LogP contribution in [0.15, 0.2) is 36.4 Å². The van der Waals surface area contributed by atoms with E-state index in [1.807, 2.05) is 18.2 Å². The number of aryl methyl sites for hydroxylation is 1. The lowest BCUT2D eigenvalue weighted by molar-refractivity contribution is 1.47. The zero-order chi connectivity index (χ0) is 10.4. The summed E-state index contributed by atoms with van der Waals surface area (Å²) in [7, 11) is 0. The first-order valence-electron chi connectivity index (χ1n) is 5.01. The molecule has 2 heteroatoms. The fourth-order valence-electron chi connectivity index (χ4n) is 2.04. The average Bonchev–Trinajstić information content (AvgIpc) is 2.54. The maximum absolute atomic E-state index is 5.79. The van der Waals surface area contributed by atoms with Gasteiger partial charge in [-0.2, -0.15) is 0 Å². The minimum atomic E-state index is 0.809. The summed E-state index contributed by atoms with van der Waals surface area (Å²) >= 11 is 0. The fraction of sp³-hybridized carbons (Fsp3) is 0.0769. The highest BCUT2D eigenvalue weighted by molar-refractivity contribution is 6.08. The SMILES string of the molecule is Cc1ccc2c(c1)[nH]c1ccc(N)cc12. The van der Waals surface area contributed by atoms with Crippen molar-refractivity contribution in [3.63, 3.8) is 0 Å². The number of nitrogens with one attached hydrogen (secondary N) is 1. The summed E-state index contributed by atoms with van der Waals surface area (Å²) in [5.74, 6) is 0. The number of hydrogen-bond acceptors (Lipinski definition) is 1. The van der Waals surface area contributed by atoms with Gasteiger partial charge in [0.25, 0.3) is 0 Å². The highest BCUT2D eigenvalue weighted by Gasteiger charge is 2.03.